The van der Waals surface area contributed by atoms with Gasteiger partial charge in [0, 0.05) is 5.56 Å². The number of amides is 1. The normalized spacial score (nSPS) is 11.2. The van der Waals surface area contributed by atoms with Crippen LogP contribution in [0.15, 0.2) is 42.5 Å². The van der Waals surface area contributed by atoms with Gasteiger partial charge in [-0.1, -0.05) is 29.5 Å². The summed E-state index contributed by atoms with van der Waals surface area (Å²) in [7, 11) is -2.08. The zero-order valence-electron chi connectivity index (χ0n) is 17.0. The minimum atomic E-state index is -3.67. The molecule has 10 heteroatoms. The van der Waals surface area contributed by atoms with E-state index in [0.717, 1.165) is 33.0 Å². The van der Waals surface area contributed by atoms with E-state index in [0.29, 0.717) is 15.8 Å². The highest BCUT2D eigenvalue weighted by molar-refractivity contribution is 7.92. The number of sulfonamides is 1. The molecule has 1 aromatic heterocycles. The molecule has 0 aliphatic carbocycles. The number of carbonyl (C=O) groups is 1. The highest BCUT2D eigenvalue weighted by Gasteiger charge is 2.24. The van der Waals surface area contributed by atoms with Crippen LogP contribution < -0.4 is 14.4 Å². The van der Waals surface area contributed by atoms with E-state index >= 15 is 0 Å². The molecule has 0 radical (unpaired) electrons. The van der Waals surface area contributed by atoms with Gasteiger partial charge in [0.25, 0.3) is 0 Å². The van der Waals surface area contributed by atoms with Gasteiger partial charge in [-0.05, 0) is 49.2 Å². The summed E-state index contributed by atoms with van der Waals surface area (Å²) in [6, 6.07) is 12.8. The second kappa shape index (κ2) is 8.80. The van der Waals surface area contributed by atoms with Crippen LogP contribution in [0.5, 0.6) is 5.75 Å². The summed E-state index contributed by atoms with van der Waals surface area (Å²) in [5, 5.41) is 11.6. The number of benzene rings is 2. The smallest absolute Gasteiger partial charge is 0.246 e. The number of aromatic nitrogens is 2. The zero-order valence-corrected chi connectivity index (χ0v) is 18.7. The van der Waals surface area contributed by atoms with Gasteiger partial charge in [-0.25, -0.2) is 8.42 Å². The fourth-order valence-electron chi connectivity index (χ4n) is 2.97. The van der Waals surface area contributed by atoms with E-state index in [1.54, 1.807) is 7.11 Å². The summed E-state index contributed by atoms with van der Waals surface area (Å²) >= 11 is 1.20. The number of rotatable bonds is 7. The summed E-state index contributed by atoms with van der Waals surface area (Å²) < 4.78 is 31.0. The molecule has 0 aliphatic rings. The molecular weight excluding hydrogens is 424 g/mol. The summed E-state index contributed by atoms with van der Waals surface area (Å²) in [4.78, 5) is 12.6. The maximum Gasteiger partial charge on any atom is 0.246 e. The van der Waals surface area contributed by atoms with Gasteiger partial charge in [0.2, 0.25) is 21.1 Å². The molecule has 3 rings (SSSR count). The molecule has 0 bridgehead atoms. The van der Waals surface area contributed by atoms with Gasteiger partial charge in [-0.3, -0.25) is 14.4 Å². The van der Waals surface area contributed by atoms with Gasteiger partial charge >= 0.3 is 0 Å². The fraction of sp³-hybridized carbons (Fsp3) is 0.250. The molecule has 0 saturated heterocycles. The van der Waals surface area contributed by atoms with Crippen molar-refractivity contribution in [1.29, 1.82) is 0 Å². The molecule has 0 saturated carbocycles. The highest BCUT2D eigenvalue weighted by Crippen LogP contribution is 2.29. The number of nitrogens with zero attached hydrogens (tertiary/aromatic N) is 3. The first-order chi connectivity index (χ1) is 14.2. The topological polar surface area (TPSA) is 101 Å². The van der Waals surface area contributed by atoms with Crippen LogP contribution in [-0.4, -0.2) is 44.4 Å². The summed E-state index contributed by atoms with van der Waals surface area (Å²) in [5.41, 5.74) is 2.88. The summed E-state index contributed by atoms with van der Waals surface area (Å²) in [5.74, 6) is 0.227. The van der Waals surface area contributed by atoms with Gasteiger partial charge in [0.15, 0.2) is 0 Å². The van der Waals surface area contributed by atoms with Crippen molar-refractivity contribution in [2.75, 3.05) is 29.5 Å². The number of hydrogen-bond donors (Lipinski definition) is 1. The van der Waals surface area contributed by atoms with Crippen LogP contribution in [0.1, 0.15) is 11.1 Å². The van der Waals surface area contributed by atoms with E-state index in [2.05, 4.69) is 15.5 Å². The van der Waals surface area contributed by atoms with Crippen LogP contribution in [-0.2, 0) is 14.8 Å². The molecule has 2 aromatic carbocycles. The average molecular weight is 447 g/mol. The van der Waals surface area contributed by atoms with Crippen molar-refractivity contribution in [2.45, 2.75) is 13.8 Å². The van der Waals surface area contributed by atoms with Crippen LogP contribution >= 0.6 is 11.3 Å². The van der Waals surface area contributed by atoms with Crippen LogP contribution in [0.3, 0.4) is 0 Å². The molecule has 158 valence electrons. The number of methoxy groups -OCH3 is 1. The van der Waals surface area contributed by atoms with E-state index in [1.165, 1.54) is 11.3 Å². The Labute approximate surface area is 179 Å². The molecule has 1 heterocycles. The first kappa shape index (κ1) is 21.7. The van der Waals surface area contributed by atoms with Crippen LogP contribution in [0.4, 0.5) is 10.8 Å². The minimum absolute atomic E-state index is 0.292. The third-order valence-corrected chi connectivity index (χ3v) is 6.38. The third-order valence-electron chi connectivity index (χ3n) is 4.38. The lowest BCUT2D eigenvalue weighted by Crippen LogP contribution is -2.38. The molecule has 0 unspecified atom stereocenters. The first-order valence-corrected chi connectivity index (χ1v) is 11.7. The number of anilines is 2. The predicted molar refractivity (Wildman–Crippen MR) is 119 cm³/mol. The van der Waals surface area contributed by atoms with Crippen molar-refractivity contribution in [3.05, 3.63) is 53.6 Å². The minimum Gasteiger partial charge on any atom is -0.497 e. The van der Waals surface area contributed by atoms with Crippen molar-refractivity contribution in [3.63, 3.8) is 0 Å². The Balaban J connectivity index is 1.77. The highest BCUT2D eigenvalue weighted by atomic mass is 32.2. The lowest BCUT2D eigenvalue weighted by Gasteiger charge is -2.25. The van der Waals surface area contributed by atoms with Crippen LogP contribution in [0.25, 0.3) is 10.6 Å². The van der Waals surface area contributed by atoms with Gasteiger partial charge in [-0.2, -0.15) is 0 Å². The van der Waals surface area contributed by atoms with Crippen LogP contribution in [0, 0.1) is 13.8 Å². The molecule has 1 N–H and O–H groups in total. The summed E-state index contributed by atoms with van der Waals surface area (Å²) in [6.45, 7) is 3.26. The SMILES string of the molecule is COc1ccc(-c2nnc(NC(=O)CN(c3c(C)cccc3C)S(C)(=O)=O)s2)cc1. The Bertz CT molecular complexity index is 1140. The van der Waals surface area contributed by atoms with Gasteiger partial charge < -0.3 is 4.74 Å². The number of carbonyl (C=O) groups excluding carboxylic acids is 1. The summed E-state index contributed by atoms with van der Waals surface area (Å²) in [6.07, 6.45) is 1.08. The van der Waals surface area contributed by atoms with Crippen molar-refractivity contribution in [2.24, 2.45) is 0 Å². The fourth-order valence-corrected chi connectivity index (χ4v) is 4.71. The average Bonchev–Trinajstić information content (AvgIpc) is 3.14. The van der Waals surface area contributed by atoms with E-state index in [4.69, 9.17) is 4.74 Å². The van der Waals surface area contributed by atoms with Crippen molar-refractivity contribution in [1.82, 2.24) is 10.2 Å². The van der Waals surface area contributed by atoms with Gasteiger partial charge in [-0.15, -0.1) is 10.2 Å². The maximum absolute atomic E-state index is 12.6. The molecule has 0 atom stereocenters. The molecule has 3 aromatic rings. The van der Waals surface area contributed by atoms with E-state index in [-0.39, 0.29) is 6.54 Å². The molecule has 0 spiro atoms. The Morgan fingerprint density at radius 1 is 1.10 bits per heavy atom. The van der Waals surface area contributed by atoms with Crippen LogP contribution in [0.2, 0.25) is 0 Å². The van der Waals surface area contributed by atoms with Gasteiger partial charge in [0.1, 0.15) is 17.3 Å². The van der Waals surface area contributed by atoms with Gasteiger partial charge in [0.05, 0.1) is 19.1 Å². The lowest BCUT2D eigenvalue weighted by atomic mass is 10.1. The first-order valence-electron chi connectivity index (χ1n) is 9.00. The van der Waals surface area contributed by atoms with E-state index < -0.39 is 15.9 Å². The number of para-hydroxylation sites is 1. The second-order valence-corrected chi connectivity index (χ2v) is 9.58. The monoisotopic (exact) mass is 446 g/mol. The molecule has 0 fully saturated rings. The largest absolute Gasteiger partial charge is 0.497 e. The Morgan fingerprint density at radius 2 is 1.73 bits per heavy atom. The number of aryl methyl sites for hydroxylation is 2. The molecule has 0 aliphatic heterocycles. The number of hydrogen-bond acceptors (Lipinski definition) is 7. The standard InChI is InChI=1S/C20H22N4O4S2/c1-13-6-5-7-14(2)18(13)24(30(4,26)27)12-17(25)21-20-23-22-19(29-20)15-8-10-16(28-3)11-9-15/h5-11H,12H2,1-4H3,(H,21,23,25). The van der Waals surface area contributed by atoms with E-state index in [9.17, 15) is 13.2 Å². The molecule has 30 heavy (non-hydrogen) atoms. The predicted octanol–water partition coefficient (Wildman–Crippen LogP) is 3.24. The quantitative estimate of drug-likeness (QED) is 0.598. The zero-order chi connectivity index (χ0) is 21.9. The molecule has 1 amide bonds. The number of nitrogens with one attached hydrogen (secondary N) is 1. The van der Waals surface area contributed by atoms with Crippen molar-refractivity contribution < 1.29 is 17.9 Å². The molecule has 8 nitrogen and oxygen atoms in total. The maximum atomic E-state index is 12.6. The lowest BCUT2D eigenvalue weighted by molar-refractivity contribution is -0.114. The van der Waals surface area contributed by atoms with Crippen molar-refractivity contribution in [3.8, 4) is 16.3 Å². The van der Waals surface area contributed by atoms with E-state index in [1.807, 2.05) is 56.3 Å². The Hall–Kier alpha value is -2.98. The second-order valence-electron chi connectivity index (χ2n) is 6.70. The third kappa shape index (κ3) is 4.95. The molecular formula is C20H22N4O4S2. The van der Waals surface area contributed by atoms with Crippen molar-refractivity contribution >= 4 is 38.1 Å². The Morgan fingerprint density at radius 3 is 2.30 bits per heavy atom. The number of ether oxygens (including phenoxy) is 1. The Kier molecular flexibility index (Phi) is 6.37.